The first-order valence-electron chi connectivity index (χ1n) is 12.1. The van der Waals surface area contributed by atoms with Crippen LogP contribution in [0, 0.1) is 0 Å². The topological polar surface area (TPSA) is 108 Å². The van der Waals surface area contributed by atoms with E-state index in [9.17, 15) is 18.3 Å². The molecule has 3 aliphatic rings. The first-order chi connectivity index (χ1) is 16.1. The molecule has 0 saturated carbocycles. The summed E-state index contributed by atoms with van der Waals surface area (Å²) in [6, 6.07) is 6.70. The molecule has 4 rings (SSSR count). The summed E-state index contributed by atoms with van der Waals surface area (Å²) in [7, 11) is -3.47. The van der Waals surface area contributed by atoms with Gasteiger partial charge < -0.3 is 19.5 Å². The molecule has 2 N–H and O–H groups in total. The molecule has 0 radical (unpaired) electrons. The van der Waals surface area contributed by atoms with E-state index in [0.717, 1.165) is 25.9 Å². The minimum absolute atomic E-state index is 0.0466. The predicted molar refractivity (Wildman–Crippen MR) is 128 cm³/mol. The van der Waals surface area contributed by atoms with E-state index >= 15 is 0 Å². The molecule has 1 aromatic carbocycles. The molecule has 9 nitrogen and oxygen atoms in total. The van der Waals surface area contributed by atoms with Gasteiger partial charge in [0.15, 0.2) is 0 Å². The van der Waals surface area contributed by atoms with Crippen LogP contribution in [-0.4, -0.2) is 98.7 Å². The van der Waals surface area contributed by atoms with E-state index in [4.69, 9.17) is 9.47 Å². The van der Waals surface area contributed by atoms with E-state index in [-0.39, 0.29) is 12.5 Å². The number of aliphatic hydroxyl groups is 1. The molecule has 10 heteroatoms. The zero-order chi connectivity index (χ0) is 24.4. The van der Waals surface area contributed by atoms with Gasteiger partial charge in [-0.3, -0.25) is 9.69 Å². The van der Waals surface area contributed by atoms with Crippen molar-refractivity contribution in [2.75, 3.05) is 52.2 Å². The Hall–Kier alpha value is -1.72. The maximum Gasteiger partial charge on any atom is 0.253 e. The Balaban J connectivity index is 1.32. The molecule has 1 aromatic rings. The highest BCUT2D eigenvalue weighted by Crippen LogP contribution is 2.39. The molecular weight excluding hydrogens is 458 g/mol. The van der Waals surface area contributed by atoms with Crippen LogP contribution in [0.15, 0.2) is 24.3 Å². The third kappa shape index (κ3) is 6.28. The SMILES string of the molecule is C[C@]1(O)COC2(CCN(C(=O)c3cccc(OCCN4CCCC4)c3)CC2)C[C@@H]1NS(C)(=O)=O. The lowest BCUT2D eigenvalue weighted by Gasteiger charge is -2.50. The Bertz CT molecular complexity index is 969. The van der Waals surface area contributed by atoms with Crippen LogP contribution in [0.25, 0.3) is 0 Å². The third-order valence-electron chi connectivity index (χ3n) is 7.27. The molecule has 3 heterocycles. The number of nitrogens with zero attached hydrogens (tertiary/aromatic N) is 2. The molecule has 3 aliphatic heterocycles. The quantitative estimate of drug-likeness (QED) is 0.586. The Labute approximate surface area is 202 Å². The van der Waals surface area contributed by atoms with Crippen LogP contribution in [0.3, 0.4) is 0 Å². The maximum absolute atomic E-state index is 13.2. The van der Waals surface area contributed by atoms with Gasteiger partial charge in [0.05, 0.1) is 24.5 Å². The summed E-state index contributed by atoms with van der Waals surface area (Å²) in [5.74, 6) is 0.652. The number of amides is 1. The summed E-state index contributed by atoms with van der Waals surface area (Å²) in [5.41, 5.74) is -1.24. The fraction of sp³-hybridized carbons (Fsp3) is 0.708. The number of carbonyl (C=O) groups is 1. The lowest BCUT2D eigenvalue weighted by Crippen LogP contribution is -2.64. The Morgan fingerprint density at radius 2 is 1.94 bits per heavy atom. The van der Waals surface area contributed by atoms with Crippen molar-refractivity contribution < 1.29 is 27.8 Å². The van der Waals surface area contributed by atoms with Crippen molar-refractivity contribution in [3.05, 3.63) is 29.8 Å². The lowest BCUT2D eigenvalue weighted by molar-refractivity contribution is -0.187. The number of benzene rings is 1. The van der Waals surface area contributed by atoms with E-state index in [0.29, 0.717) is 50.3 Å². The number of sulfonamides is 1. The fourth-order valence-electron chi connectivity index (χ4n) is 5.14. The third-order valence-corrected chi connectivity index (χ3v) is 7.98. The largest absolute Gasteiger partial charge is 0.492 e. The second-order valence-electron chi connectivity index (χ2n) is 10.2. The summed E-state index contributed by atoms with van der Waals surface area (Å²) in [6.45, 7) is 6.41. The summed E-state index contributed by atoms with van der Waals surface area (Å²) in [5, 5.41) is 10.6. The molecule has 3 saturated heterocycles. The van der Waals surface area contributed by atoms with Crippen molar-refractivity contribution >= 4 is 15.9 Å². The number of hydrogen-bond donors (Lipinski definition) is 2. The number of nitrogens with one attached hydrogen (secondary N) is 1. The van der Waals surface area contributed by atoms with Crippen LogP contribution < -0.4 is 9.46 Å². The minimum atomic E-state index is -3.47. The van der Waals surface area contributed by atoms with Gasteiger partial charge in [-0.15, -0.1) is 0 Å². The monoisotopic (exact) mass is 495 g/mol. The number of hydrogen-bond acceptors (Lipinski definition) is 7. The van der Waals surface area contributed by atoms with E-state index in [1.807, 2.05) is 17.0 Å². The second kappa shape index (κ2) is 10.1. The molecule has 0 bridgehead atoms. The number of piperidine rings is 1. The van der Waals surface area contributed by atoms with Gasteiger partial charge >= 0.3 is 0 Å². The Morgan fingerprint density at radius 1 is 1.24 bits per heavy atom. The Kier molecular flexibility index (Phi) is 7.54. The highest BCUT2D eigenvalue weighted by Gasteiger charge is 2.49. The lowest BCUT2D eigenvalue weighted by atomic mass is 9.78. The van der Waals surface area contributed by atoms with Gasteiger partial charge in [0, 0.05) is 25.2 Å². The predicted octanol–water partition coefficient (Wildman–Crippen LogP) is 1.23. The van der Waals surface area contributed by atoms with Crippen LogP contribution in [0.1, 0.15) is 49.4 Å². The van der Waals surface area contributed by atoms with Crippen LogP contribution in [0.5, 0.6) is 5.75 Å². The van der Waals surface area contributed by atoms with Crippen LogP contribution in [0.2, 0.25) is 0 Å². The zero-order valence-corrected chi connectivity index (χ0v) is 21.0. The molecule has 1 spiro atoms. The summed E-state index contributed by atoms with van der Waals surface area (Å²) in [6.07, 6.45) is 5.14. The number of rotatable bonds is 7. The van der Waals surface area contributed by atoms with Gasteiger partial charge in [0.2, 0.25) is 10.0 Å². The molecule has 190 valence electrons. The standard InChI is InChI=1S/C24H37N3O6S/c1-23(29)18-33-24(17-21(23)25-34(2,30)31)8-12-27(13-9-24)22(28)19-6-5-7-20(16-19)32-15-14-26-10-3-4-11-26/h5-7,16,21,25,29H,3-4,8-15,17-18H2,1-2H3/t21-,23-/m0/s1. The van der Waals surface area contributed by atoms with Crippen molar-refractivity contribution in [1.82, 2.24) is 14.5 Å². The molecule has 34 heavy (non-hydrogen) atoms. The molecule has 3 fully saturated rings. The summed E-state index contributed by atoms with van der Waals surface area (Å²) >= 11 is 0. The number of likely N-dealkylation sites (tertiary alicyclic amines) is 2. The first-order valence-corrected chi connectivity index (χ1v) is 14.0. The molecule has 0 aromatic heterocycles. The van der Waals surface area contributed by atoms with Gasteiger partial charge in [0.1, 0.15) is 18.0 Å². The summed E-state index contributed by atoms with van der Waals surface area (Å²) < 4.78 is 38.1. The Morgan fingerprint density at radius 3 is 2.62 bits per heavy atom. The van der Waals surface area contributed by atoms with E-state index in [2.05, 4.69) is 9.62 Å². The minimum Gasteiger partial charge on any atom is -0.492 e. The first kappa shape index (κ1) is 25.4. The van der Waals surface area contributed by atoms with Crippen molar-refractivity contribution in [3.63, 3.8) is 0 Å². The number of carbonyl (C=O) groups excluding carboxylic acids is 1. The van der Waals surface area contributed by atoms with E-state index in [1.54, 1.807) is 19.1 Å². The number of ether oxygens (including phenoxy) is 2. The highest BCUT2D eigenvalue weighted by atomic mass is 32.2. The fourth-order valence-corrected chi connectivity index (χ4v) is 6.00. The summed E-state index contributed by atoms with van der Waals surface area (Å²) in [4.78, 5) is 17.4. The highest BCUT2D eigenvalue weighted by molar-refractivity contribution is 7.88. The van der Waals surface area contributed by atoms with Crippen molar-refractivity contribution in [3.8, 4) is 5.75 Å². The van der Waals surface area contributed by atoms with Gasteiger partial charge in [-0.05, 0) is 70.3 Å². The van der Waals surface area contributed by atoms with Gasteiger partial charge in [-0.25, -0.2) is 13.1 Å². The molecule has 0 unspecified atom stereocenters. The maximum atomic E-state index is 13.2. The van der Waals surface area contributed by atoms with Crippen molar-refractivity contribution in [2.24, 2.45) is 0 Å². The van der Waals surface area contributed by atoms with Crippen LogP contribution in [-0.2, 0) is 14.8 Å². The molecule has 0 aliphatic carbocycles. The van der Waals surface area contributed by atoms with Crippen molar-refractivity contribution in [2.45, 2.75) is 56.3 Å². The van der Waals surface area contributed by atoms with Crippen molar-refractivity contribution in [1.29, 1.82) is 0 Å². The van der Waals surface area contributed by atoms with E-state index in [1.165, 1.54) is 12.8 Å². The average Bonchev–Trinajstić information content (AvgIpc) is 3.30. The second-order valence-corrected chi connectivity index (χ2v) is 12.0. The molecular formula is C24H37N3O6S. The molecule has 1 amide bonds. The van der Waals surface area contributed by atoms with Crippen LogP contribution in [0.4, 0.5) is 0 Å². The van der Waals surface area contributed by atoms with Crippen LogP contribution >= 0.6 is 0 Å². The zero-order valence-electron chi connectivity index (χ0n) is 20.2. The van der Waals surface area contributed by atoms with Gasteiger partial charge in [-0.2, -0.15) is 0 Å². The van der Waals surface area contributed by atoms with E-state index < -0.39 is 27.3 Å². The van der Waals surface area contributed by atoms with Gasteiger partial charge in [-0.1, -0.05) is 6.07 Å². The average molecular weight is 496 g/mol. The normalized spacial score (nSPS) is 27.7. The smallest absolute Gasteiger partial charge is 0.253 e. The van der Waals surface area contributed by atoms with Gasteiger partial charge in [0.25, 0.3) is 5.91 Å². The molecule has 2 atom stereocenters.